The normalized spacial score (nSPS) is 26.8. The molecule has 30 heavy (non-hydrogen) atoms. The summed E-state index contributed by atoms with van der Waals surface area (Å²) in [5.41, 5.74) is 1.01. The van der Waals surface area contributed by atoms with Gasteiger partial charge in [-0.1, -0.05) is 24.1 Å². The maximum Gasteiger partial charge on any atom is 0.243 e. The molecule has 0 N–H and O–H groups in total. The Kier molecular flexibility index (Phi) is 6.77. The van der Waals surface area contributed by atoms with Gasteiger partial charge in [0, 0.05) is 45.9 Å². The molecule has 0 bridgehead atoms. The van der Waals surface area contributed by atoms with Gasteiger partial charge in [-0.2, -0.15) is 4.31 Å². The van der Waals surface area contributed by atoms with Crippen LogP contribution in [-0.4, -0.2) is 86.5 Å². The molecule has 3 fully saturated rings. The van der Waals surface area contributed by atoms with E-state index in [-0.39, 0.29) is 10.8 Å². The van der Waals surface area contributed by atoms with Crippen molar-refractivity contribution in [3.8, 4) is 0 Å². The largest absolute Gasteiger partial charge is 0.377 e. The van der Waals surface area contributed by atoms with E-state index < -0.39 is 16.1 Å². The van der Waals surface area contributed by atoms with Crippen LogP contribution in [0.1, 0.15) is 37.7 Å². The van der Waals surface area contributed by atoms with Crippen molar-refractivity contribution in [3.05, 3.63) is 29.8 Å². The third kappa shape index (κ3) is 4.72. The van der Waals surface area contributed by atoms with Crippen molar-refractivity contribution < 1.29 is 17.9 Å². The molecule has 0 aromatic heterocycles. The maximum absolute atomic E-state index is 13.3. The van der Waals surface area contributed by atoms with Crippen molar-refractivity contribution in [2.75, 3.05) is 45.9 Å². The van der Waals surface area contributed by atoms with E-state index in [0.29, 0.717) is 32.2 Å². The predicted molar refractivity (Wildman–Crippen MR) is 115 cm³/mol. The summed E-state index contributed by atoms with van der Waals surface area (Å²) in [5, 5.41) is 0. The Bertz CT molecular complexity index is 828. The number of hydrogen-bond donors (Lipinski definition) is 0. The monoisotopic (exact) mass is 435 g/mol. The second-order valence-electron chi connectivity index (χ2n) is 8.70. The first-order valence-electron chi connectivity index (χ1n) is 11.2. The SMILES string of the molecule is Cc1ccc(S(=O)(=O)N2CCCC[C@H]2C(=O)N2CCN(C[C@@H]3CCCO3)CC2)cc1. The molecule has 0 spiro atoms. The van der Waals surface area contributed by atoms with Crippen molar-refractivity contribution >= 4 is 15.9 Å². The molecule has 0 unspecified atom stereocenters. The molecule has 0 saturated carbocycles. The summed E-state index contributed by atoms with van der Waals surface area (Å²) in [7, 11) is -3.68. The molecule has 0 radical (unpaired) electrons. The highest BCUT2D eigenvalue weighted by Crippen LogP contribution is 2.27. The number of sulfonamides is 1. The van der Waals surface area contributed by atoms with Crippen LogP contribution in [0.5, 0.6) is 0 Å². The second kappa shape index (κ2) is 9.34. The number of aryl methyl sites for hydroxylation is 1. The van der Waals surface area contributed by atoms with E-state index in [1.54, 1.807) is 24.3 Å². The van der Waals surface area contributed by atoms with Gasteiger partial charge in [0.1, 0.15) is 6.04 Å². The Morgan fingerprint density at radius 3 is 2.40 bits per heavy atom. The molecule has 166 valence electrons. The molecular weight excluding hydrogens is 402 g/mol. The van der Waals surface area contributed by atoms with E-state index in [9.17, 15) is 13.2 Å². The third-order valence-corrected chi connectivity index (χ3v) is 8.46. The van der Waals surface area contributed by atoms with Gasteiger partial charge in [0.05, 0.1) is 11.0 Å². The minimum Gasteiger partial charge on any atom is -0.377 e. The van der Waals surface area contributed by atoms with Gasteiger partial charge in [-0.15, -0.1) is 0 Å². The molecule has 3 saturated heterocycles. The van der Waals surface area contributed by atoms with Crippen molar-refractivity contribution in [1.82, 2.24) is 14.1 Å². The van der Waals surface area contributed by atoms with Gasteiger partial charge < -0.3 is 9.64 Å². The van der Waals surface area contributed by atoms with E-state index in [1.807, 2.05) is 11.8 Å². The summed E-state index contributed by atoms with van der Waals surface area (Å²) in [5.74, 6) is -0.0397. The van der Waals surface area contributed by atoms with Gasteiger partial charge in [-0.3, -0.25) is 9.69 Å². The fraction of sp³-hybridized carbons (Fsp3) is 0.682. The number of carbonyl (C=O) groups is 1. The summed E-state index contributed by atoms with van der Waals surface area (Å²) in [4.78, 5) is 17.8. The number of nitrogens with zero attached hydrogens (tertiary/aromatic N) is 3. The summed E-state index contributed by atoms with van der Waals surface area (Å²) < 4.78 is 33.7. The first-order valence-corrected chi connectivity index (χ1v) is 12.6. The van der Waals surface area contributed by atoms with Crippen LogP contribution in [0.4, 0.5) is 0 Å². The lowest BCUT2D eigenvalue weighted by Crippen LogP contribution is -2.57. The number of benzene rings is 1. The molecule has 3 aliphatic rings. The molecular formula is C22H33N3O4S. The Morgan fingerprint density at radius 1 is 1.00 bits per heavy atom. The summed E-state index contributed by atoms with van der Waals surface area (Å²) in [6.07, 6.45) is 4.85. The first kappa shape index (κ1) is 21.7. The zero-order valence-electron chi connectivity index (χ0n) is 17.8. The van der Waals surface area contributed by atoms with Gasteiger partial charge >= 0.3 is 0 Å². The zero-order valence-corrected chi connectivity index (χ0v) is 18.6. The van der Waals surface area contributed by atoms with Gasteiger partial charge in [-0.25, -0.2) is 8.42 Å². The second-order valence-corrected chi connectivity index (χ2v) is 10.6. The minimum absolute atomic E-state index is 0.0397. The molecule has 1 aromatic rings. The number of piperazine rings is 1. The average molecular weight is 436 g/mol. The molecule has 1 aromatic carbocycles. The molecule has 7 nitrogen and oxygen atoms in total. The van der Waals surface area contributed by atoms with Crippen molar-refractivity contribution in [3.63, 3.8) is 0 Å². The van der Waals surface area contributed by atoms with Crippen LogP contribution in [0, 0.1) is 6.92 Å². The summed E-state index contributed by atoms with van der Waals surface area (Å²) >= 11 is 0. The lowest BCUT2D eigenvalue weighted by Gasteiger charge is -2.40. The maximum atomic E-state index is 13.3. The van der Waals surface area contributed by atoms with E-state index in [4.69, 9.17) is 4.74 Å². The molecule has 0 aliphatic carbocycles. The molecule has 3 aliphatic heterocycles. The smallest absolute Gasteiger partial charge is 0.243 e. The molecule has 2 atom stereocenters. The van der Waals surface area contributed by atoms with Gasteiger partial charge in [0.2, 0.25) is 15.9 Å². The van der Waals surface area contributed by atoms with Gasteiger partial charge in [0.25, 0.3) is 0 Å². The predicted octanol–water partition coefficient (Wildman–Crippen LogP) is 1.86. The van der Waals surface area contributed by atoms with Crippen LogP contribution < -0.4 is 0 Å². The average Bonchev–Trinajstić information content (AvgIpc) is 3.27. The van der Waals surface area contributed by atoms with E-state index in [0.717, 1.165) is 57.5 Å². The number of rotatable bonds is 5. The van der Waals surface area contributed by atoms with Crippen LogP contribution in [0.15, 0.2) is 29.2 Å². The van der Waals surface area contributed by atoms with Crippen LogP contribution in [0.2, 0.25) is 0 Å². The van der Waals surface area contributed by atoms with Crippen molar-refractivity contribution in [1.29, 1.82) is 0 Å². The first-order chi connectivity index (χ1) is 14.4. The third-order valence-electron chi connectivity index (χ3n) is 6.54. The number of ether oxygens (including phenoxy) is 1. The fourth-order valence-electron chi connectivity index (χ4n) is 4.72. The zero-order chi connectivity index (χ0) is 21.1. The Hall–Kier alpha value is -1.48. The Balaban J connectivity index is 1.41. The topological polar surface area (TPSA) is 70.2 Å². The minimum atomic E-state index is -3.68. The van der Waals surface area contributed by atoms with E-state index >= 15 is 0 Å². The molecule has 8 heteroatoms. The summed E-state index contributed by atoms with van der Waals surface area (Å²) in [6.45, 7) is 7.08. The summed E-state index contributed by atoms with van der Waals surface area (Å²) in [6, 6.07) is 6.31. The van der Waals surface area contributed by atoms with Crippen molar-refractivity contribution in [2.24, 2.45) is 0 Å². The quantitative estimate of drug-likeness (QED) is 0.706. The van der Waals surface area contributed by atoms with E-state index in [1.165, 1.54) is 4.31 Å². The number of amides is 1. The highest BCUT2D eigenvalue weighted by Gasteiger charge is 2.40. The number of carbonyl (C=O) groups excluding carboxylic acids is 1. The van der Waals surface area contributed by atoms with Crippen LogP contribution >= 0.6 is 0 Å². The van der Waals surface area contributed by atoms with Crippen molar-refractivity contribution in [2.45, 2.75) is 56.1 Å². The molecule has 4 rings (SSSR count). The lowest BCUT2D eigenvalue weighted by atomic mass is 10.0. The Labute approximate surface area is 180 Å². The molecule has 1 amide bonds. The van der Waals surface area contributed by atoms with E-state index in [2.05, 4.69) is 4.90 Å². The highest BCUT2D eigenvalue weighted by molar-refractivity contribution is 7.89. The lowest BCUT2D eigenvalue weighted by molar-refractivity contribution is -0.138. The number of piperidine rings is 1. The Morgan fingerprint density at radius 2 is 1.73 bits per heavy atom. The van der Waals surface area contributed by atoms with Crippen LogP contribution in [0.3, 0.4) is 0 Å². The van der Waals surface area contributed by atoms with Crippen LogP contribution in [-0.2, 0) is 19.6 Å². The van der Waals surface area contributed by atoms with Gasteiger partial charge in [0.15, 0.2) is 0 Å². The standard InChI is InChI=1S/C22H33N3O4S/c1-18-7-9-20(10-8-18)30(27,28)25-11-3-2-6-21(25)22(26)24-14-12-23(13-15-24)17-19-5-4-16-29-19/h7-10,19,21H,2-6,11-17H2,1H3/t19-,21-/m0/s1. The van der Waals surface area contributed by atoms with Gasteiger partial charge in [-0.05, 0) is 44.7 Å². The highest BCUT2D eigenvalue weighted by atomic mass is 32.2. The fourth-order valence-corrected chi connectivity index (χ4v) is 6.37. The number of hydrogen-bond acceptors (Lipinski definition) is 5. The van der Waals surface area contributed by atoms with Crippen LogP contribution in [0.25, 0.3) is 0 Å². The molecule has 3 heterocycles.